The Bertz CT molecular complexity index is 959. The Hall–Kier alpha value is -2.52. The second kappa shape index (κ2) is 7.31. The third-order valence-electron chi connectivity index (χ3n) is 6.28. The SMILES string of the molecule is CC[C@H]1C[C@@H](C(F)(F)F)n2ncc(C(=O)N(Cc3c(C)nn(C)c3C)C3CC3)c2N1. The van der Waals surface area contributed by atoms with Crippen molar-refractivity contribution in [3.8, 4) is 0 Å². The van der Waals surface area contributed by atoms with Gasteiger partial charge in [-0.15, -0.1) is 0 Å². The maximum Gasteiger partial charge on any atom is 0.410 e. The normalized spacial score (nSPS) is 21.3. The van der Waals surface area contributed by atoms with Crippen LogP contribution in [-0.4, -0.2) is 48.6 Å². The minimum atomic E-state index is -4.42. The summed E-state index contributed by atoms with van der Waals surface area (Å²) in [6.07, 6.45) is -0.918. The first-order valence-corrected chi connectivity index (χ1v) is 10.3. The minimum Gasteiger partial charge on any atom is -0.367 e. The van der Waals surface area contributed by atoms with Crippen molar-refractivity contribution in [3.05, 3.63) is 28.7 Å². The molecule has 164 valence electrons. The number of aryl methyl sites for hydroxylation is 2. The van der Waals surface area contributed by atoms with Crippen molar-refractivity contribution in [3.63, 3.8) is 0 Å². The molecule has 2 aromatic heterocycles. The topological polar surface area (TPSA) is 68.0 Å². The number of hydrogen-bond acceptors (Lipinski definition) is 4. The highest BCUT2D eigenvalue weighted by Gasteiger charge is 2.47. The zero-order valence-corrected chi connectivity index (χ0v) is 17.6. The van der Waals surface area contributed by atoms with Gasteiger partial charge < -0.3 is 10.2 Å². The van der Waals surface area contributed by atoms with E-state index in [0.717, 1.165) is 34.5 Å². The number of rotatable bonds is 5. The van der Waals surface area contributed by atoms with Gasteiger partial charge in [-0.1, -0.05) is 6.92 Å². The van der Waals surface area contributed by atoms with Gasteiger partial charge in [0.15, 0.2) is 6.04 Å². The van der Waals surface area contributed by atoms with Crippen LogP contribution in [0.3, 0.4) is 0 Å². The molecule has 1 fully saturated rings. The standard InChI is InChI=1S/C20H27F3N6O/c1-5-13-8-17(20(21,22)23)29-18(25-13)15(9-24-29)19(30)28(14-6-7-14)10-16-11(2)26-27(4)12(16)3/h9,13-14,17,25H,5-8,10H2,1-4H3/t13-,17-/m0/s1. The summed E-state index contributed by atoms with van der Waals surface area (Å²) < 4.78 is 43.6. The number of alkyl halides is 3. The van der Waals surface area contributed by atoms with Crippen molar-refractivity contribution in [2.75, 3.05) is 5.32 Å². The number of carbonyl (C=O) groups is 1. The van der Waals surface area contributed by atoms with Gasteiger partial charge in [-0.25, -0.2) is 4.68 Å². The van der Waals surface area contributed by atoms with Crippen LogP contribution in [0.4, 0.5) is 19.0 Å². The van der Waals surface area contributed by atoms with Crippen molar-refractivity contribution in [1.29, 1.82) is 0 Å². The summed E-state index contributed by atoms with van der Waals surface area (Å²) in [5, 5.41) is 11.5. The van der Waals surface area contributed by atoms with E-state index in [1.54, 1.807) is 9.58 Å². The molecule has 0 saturated heterocycles. The Balaban J connectivity index is 1.68. The summed E-state index contributed by atoms with van der Waals surface area (Å²) in [7, 11) is 1.86. The molecule has 0 radical (unpaired) electrons. The molecule has 1 N–H and O–H groups in total. The summed E-state index contributed by atoms with van der Waals surface area (Å²) >= 11 is 0. The van der Waals surface area contributed by atoms with Crippen LogP contribution in [0.2, 0.25) is 0 Å². The monoisotopic (exact) mass is 424 g/mol. The van der Waals surface area contributed by atoms with Crippen LogP contribution < -0.4 is 5.32 Å². The van der Waals surface area contributed by atoms with Crippen LogP contribution in [-0.2, 0) is 13.6 Å². The maximum absolute atomic E-state index is 13.6. The molecular formula is C20H27F3N6O. The first-order chi connectivity index (χ1) is 14.1. The summed E-state index contributed by atoms with van der Waals surface area (Å²) in [6.45, 7) is 6.08. The smallest absolute Gasteiger partial charge is 0.367 e. The van der Waals surface area contributed by atoms with E-state index in [9.17, 15) is 18.0 Å². The summed E-state index contributed by atoms with van der Waals surface area (Å²) in [4.78, 5) is 15.2. The molecule has 0 aromatic carbocycles. The molecule has 1 aliphatic heterocycles. The molecule has 2 aromatic rings. The zero-order valence-electron chi connectivity index (χ0n) is 17.6. The molecule has 7 nitrogen and oxygen atoms in total. The number of anilines is 1. The number of nitrogens with zero attached hydrogens (tertiary/aromatic N) is 5. The fourth-order valence-electron chi connectivity index (χ4n) is 4.19. The Morgan fingerprint density at radius 3 is 2.57 bits per heavy atom. The third kappa shape index (κ3) is 3.56. The van der Waals surface area contributed by atoms with E-state index in [2.05, 4.69) is 15.5 Å². The highest BCUT2D eigenvalue weighted by Crippen LogP contribution is 2.41. The fourth-order valence-corrected chi connectivity index (χ4v) is 4.19. The Labute approximate surface area is 173 Å². The lowest BCUT2D eigenvalue weighted by Crippen LogP contribution is -2.40. The maximum atomic E-state index is 13.6. The van der Waals surface area contributed by atoms with Crippen molar-refractivity contribution >= 4 is 11.7 Å². The van der Waals surface area contributed by atoms with Gasteiger partial charge in [-0.3, -0.25) is 9.48 Å². The van der Waals surface area contributed by atoms with Gasteiger partial charge in [0, 0.05) is 36.9 Å². The van der Waals surface area contributed by atoms with Gasteiger partial charge in [-0.05, 0) is 39.5 Å². The molecule has 0 unspecified atom stereocenters. The first kappa shape index (κ1) is 20.7. The highest BCUT2D eigenvalue weighted by atomic mass is 19.4. The fraction of sp³-hybridized carbons (Fsp3) is 0.650. The van der Waals surface area contributed by atoms with Crippen molar-refractivity contribution in [1.82, 2.24) is 24.5 Å². The molecular weight excluding hydrogens is 397 g/mol. The number of amides is 1. The van der Waals surface area contributed by atoms with Crippen LogP contribution in [0.5, 0.6) is 0 Å². The lowest BCUT2D eigenvalue weighted by atomic mass is 10.0. The van der Waals surface area contributed by atoms with Gasteiger partial charge >= 0.3 is 6.18 Å². The van der Waals surface area contributed by atoms with Crippen LogP contribution in [0.1, 0.15) is 66.0 Å². The minimum absolute atomic E-state index is 0.0935. The van der Waals surface area contributed by atoms with E-state index < -0.39 is 12.2 Å². The van der Waals surface area contributed by atoms with E-state index >= 15 is 0 Å². The Kier molecular flexibility index (Phi) is 5.06. The van der Waals surface area contributed by atoms with E-state index in [4.69, 9.17) is 0 Å². The number of halogens is 3. The largest absolute Gasteiger partial charge is 0.410 e. The lowest BCUT2D eigenvalue weighted by Gasteiger charge is -2.33. The zero-order chi connectivity index (χ0) is 21.8. The molecule has 0 bridgehead atoms. The first-order valence-electron chi connectivity index (χ1n) is 10.3. The number of fused-ring (bicyclic) bond motifs is 1. The molecule has 2 aliphatic rings. The van der Waals surface area contributed by atoms with E-state index in [1.165, 1.54) is 6.20 Å². The second-order valence-corrected chi connectivity index (χ2v) is 8.33. The summed E-state index contributed by atoms with van der Waals surface area (Å²) in [5.74, 6) is -0.114. The molecule has 1 saturated carbocycles. The van der Waals surface area contributed by atoms with E-state index in [1.807, 2.05) is 27.8 Å². The Morgan fingerprint density at radius 1 is 1.33 bits per heavy atom. The van der Waals surface area contributed by atoms with E-state index in [-0.39, 0.29) is 35.8 Å². The van der Waals surface area contributed by atoms with E-state index in [0.29, 0.717) is 13.0 Å². The second-order valence-electron chi connectivity index (χ2n) is 8.33. The Morgan fingerprint density at radius 2 is 2.03 bits per heavy atom. The van der Waals surface area contributed by atoms with Crippen LogP contribution in [0.25, 0.3) is 0 Å². The average molecular weight is 424 g/mol. The predicted octanol–water partition coefficient (Wildman–Crippen LogP) is 3.74. The summed E-state index contributed by atoms with van der Waals surface area (Å²) in [6, 6.07) is -1.99. The van der Waals surface area contributed by atoms with Gasteiger partial charge in [0.05, 0.1) is 11.9 Å². The molecule has 4 rings (SSSR count). The molecule has 3 heterocycles. The highest BCUT2D eigenvalue weighted by molar-refractivity contribution is 5.99. The number of carbonyl (C=O) groups excluding carboxylic acids is 1. The van der Waals surface area contributed by atoms with Gasteiger partial charge in [-0.2, -0.15) is 23.4 Å². The summed E-state index contributed by atoms with van der Waals surface area (Å²) in [5.41, 5.74) is 3.01. The molecule has 30 heavy (non-hydrogen) atoms. The number of nitrogens with one attached hydrogen (secondary N) is 1. The van der Waals surface area contributed by atoms with Crippen LogP contribution >= 0.6 is 0 Å². The van der Waals surface area contributed by atoms with Crippen molar-refractivity contribution < 1.29 is 18.0 Å². The molecule has 2 atom stereocenters. The van der Waals surface area contributed by atoms with Gasteiger partial charge in [0.1, 0.15) is 11.4 Å². The van der Waals surface area contributed by atoms with Crippen molar-refractivity contribution in [2.24, 2.45) is 7.05 Å². The molecule has 1 aliphatic carbocycles. The third-order valence-corrected chi connectivity index (χ3v) is 6.28. The van der Waals surface area contributed by atoms with Crippen molar-refractivity contribution in [2.45, 2.75) is 77.3 Å². The van der Waals surface area contributed by atoms with Crippen LogP contribution in [0, 0.1) is 13.8 Å². The van der Waals surface area contributed by atoms with Gasteiger partial charge in [0.2, 0.25) is 0 Å². The molecule has 0 spiro atoms. The quantitative estimate of drug-likeness (QED) is 0.794. The van der Waals surface area contributed by atoms with Gasteiger partial charge in [0.25, 0.3) is 5.91 Å². The molecule has 1 amide bonds. The lowest BCUT2D eigenvalue weighted by molar-refractivity contribution is -0.173. The number of hydrogen-bond donors (Lipinski definition) is 1. The number of aromatic nitrogens is 4. The average Bonchev–Trinajstić information content (AvgIpc) is 3.38. The predicted molar refractivity (Wildman–Crippen MR) is 105 cm³/mol. The van der Waals surface area contributed by atoms with Crippen LogP contribution in [0.15, 0.2) is 6.20 Å². The molecule has 10 heteroatoms.